The lowest BCUT2D eigenvalue weighted by molar-refractivity contribution is 0.220. The van der Waals surface area contributed by atoms with E-state index in [-0.39, 0.29) is 0 Å². The van der Waals surface area contributed by atoms with Gasteiger partial charge in [-0.2, -0.15) is 0 Å². The van der Waals surface area contributed by atoms with Gasteiger partial charge in [0.2, 0.25) is 0 Å². The Morgan fingerprint density at radius 1 is 1.44 bits per heavy atom. The van der Waals surface area contributed by atoms with Gasteiger partial charge in [0.05, 0.1) is 12.2 Å². The van der Waals surface area contributed by atoms with E-state index in [9.17, 15) is 0 Å². The number of aryl methyl sites for hydroxylation is 2. The summed E-state index contributed by atoms with van der Waals surface area (Å²) >= 11 is 1.90. The zero-order chi connectivity index (χ0) is 11.0. The maximum Gasteiger partial charge on any atom is 0.107 e. The first-order chi connectivity index (χ1) is 7.85. The average molecular weight is 238 g/mol. The van der Waals surface area contributed by atoms with Crippen LogP contribution in [0.4, 0.5) is 0 Å². The van der Waals surface area contributed by atoms with Gasteiger partial charge in [0.1, 0.15) is 5.01 Å². The van der Waals surface area contributed by atoms with Crippen LogP contribution in [0.15, 0.2) is 0 Å². The van der Waals surface area contributed by atoms with Crippen LogP contribution < -0.4 is 0 Å². The topological polar surface area (TPSA) is 36.4 Å². The van der Waals surface area contributed by atoms with Crippen molar-refractivity contribution in [3.05, 3.63) is 15.6 Å². The normalized spacial score (nSPS) is 25.2. The Labute approximate surface area is 100 Å². The fraction of sp³-hybridized carbons (Fsp3) is 0.750. The maximum absolute atomic E-state index is 9.11. The number of nitrogens with zero attached hydrogens (tertiary/aromatic N) is 2. The molecule has 1 aliphatic heterocycles. The van der Waals surface area contributed by atoms with Gasteiger partial charge in [0, 0.05) is 18.0 Å². The third kappa shape index (κ3) is 2.01. The highest BCUT2D eigenvalue weighted by Gasteiger charge is 2.23. The monoisotopic (exact) mass is 238 g/mol. The quantitative estimate of drug-likeness (QED) is 0.866. The number of rotatable bonds is 3. The standard InChI is InChI=1S/C12H18N2OS/c15-8-9-4-5-14(6-9)7-12-13-10-2-1-3-11(10)16-12/h9,15H,1-8H2. The Morgan fingerprint density at radius 2 is 2.38 bits per heavy atom. The summed E-state index contributed by atoms with van der Waals surface area (Å²) in [5.74, 6) is 0.492. The van der Waals surface area contributed by atoms with Gasteiger partial charge in [-0.3, -0.25) is 4.90 Å². The zero-order valence-electron chi connectivity index (χ0n) is 9.48. The molecule has 0 radical (unpaired) electrons. The molecule has 0 spiro atoms. The Hall–Kier alpha value is -0.450. The van der Waals surface area contributed by atoms with Crippen LogP contribution in [0.2, 0.25) is 0 Å². The van der Waals surface area contributed by atoms with Crippen molar-refractivity contribution in [3.63, 3.8) is 0 Å². The van der Waals surface area contributed by atoms with E-state index in [0.717, 1.165) is 26.1 Å². The first-order valence-corrected chi connectivity index (χ1v) is 6.97. The molecule has 2 heterocycles. The van der Waals surface area contributed by atoms with Crippen molar-refractivity contribution in [2.24, 2.45) is 5.92 Å². The molecule has 1 N–H and O–H groups in total. The highest BCUT2D eigenvalue weighted by Crippen LogP contribution is 2.29. The van der Waals surface area contributed by atoms with Crippen molar-refractivity contribution >= 4 is 11.3 Å². The molecule has 1 saturated heterocycles. The first-order valence-electron chi connectivity index (χ1n) is 6.16. The van der Waals surface area contributed by atoms with E-state index in [4.69, 9.17) is 10.1 Å². The lowest BCUT2D eigenvalue weighted by Gasteiger charge is -2.13. The molecule has 88 valence electrons. The molecule has 1 fully saturated rings. The predicted octanol–water partition coefficient (Wildman–Crippen LogP) is 1.45. The summed E-state index contributed by atoms with van der Waals surface area (Å²) < 4.78 is 0. The minimum absolute atomic E-state index is 0.338. The highest BCUT2D eigenvalue weighted by molar-refractivity contribution is 7.11. The van der Waals surface area contributed by atoms with Crippen LogP contribution in [0.25, 0.3) is 0 Å². The second-order valence-corrected chi connectivity index (χ2v) is 6.07. The lowest BCUT2D eigenvalue weighted by atomic mass is 10.1. The van der Waals surface area contributed by atoms with Crippen molar-refractivity contribution in [1.82, 2.24) is 9.88 Å². The van der Waals surface area contributed by atoms with Crippen LogP contribution in [-0.4, -0.2) is 34.7 Å². The molecule has 1 aliphatic carbocycles. The molecule has 1 aromatic heterocycles. The fourth-order valence-corrected chi connectivity index (χ4v) is 3.91. The summed E-state index contributed by atoms with van der Waals surface area (Å²) in [6.45, 7) is 3.50. The van der Waals surface area contributed by atoms with Crippen molar-refractivity contribution in [3.8, 4) is 0 Å². The van der Waals surface area contributed by atoms with Gasteiger partial charge in [0.15, 0.2) is 0 Å². The van der Waals surface area contributed by atoms with Gasteiger partial charge in [0.25, 0.3) is 0 Å². The molecule has 0 saturated carbocycles. The number of thiazole rings is 1. The molecule has 1 aromatic rings. The van der Waals surface area contributed by atoms with Crippen LogP contribution in [0.1, 0.15) is 28.4 Å². The molecule has 3 rings (SSSR count). The summed E-state index contributed by atoms with van der Waals surface area (Å²) in [6, 6.07) is 0. The number of hydrogen-bond donors (Lipinski definition) is 1. The Kier molecular flexibility index (Phi) is 2.96. The molecule has 3 nitrogen and oxygen atoms in total. The van der Waals surface area contributed by atoms with Crippen molar-refractivity contribution in [2.45, 2.75) is 32.2 Å². The fourth-order valence-electron chi connectivity index (χ4n) is 2.71. The van der Waals surface area contributed by atoms with Crippen LogP contribution in [-0.2, 0) is 19.4 Å². The molecule has 0 aromatic carbocycles. The number of fused-ring (bicyclic) bond motifs is 1. The summed E-state index contributed by atoms with van der Waals surface area (Å²) in [5, 5.41) is 10.4. The summed E-state index contributed by atoms with van der Waals surface area (Å²) in [6.07, 6.45) is 4.86. The summed E-state index contributed by atoms with van der Waals surface area (Å²) in [4.78, 5) is 8.67. The zero-order valence-corrected chi connectivity index (χ0v) is 10.3. The van der Waals surface area contributed by atoms with Crippen LogP contribution in [0.3, 0.4) is 0 Å². The van der Waals surface area contributed by atoms with E-state index in [1.807, 2.05) is 11.3 Å². The SMILES string of the molecule is OCC1CCN(Cc2nc3c(s2)CCC3)C1. The summed E-state index contributed by atoms with van der Waals surface area (Å²) in [5.41, 5.74) is 1.36. The van der Waals surface area contributed by atoms with Gasteiger partial charge in [-0.25, -0.2) is 4.98 Å². The number of aliphatic hydroxyl groups excluding tert-OH is 1. The molecule has 1 atom stereocenters. The molecule has 4 heteroatoms. The van der Waals surface area contributed by atoms with Crippen molar-refractivity contribution in [1.29, 1.82) is 0 Å². The van der Waals surface area contributed by atoms with Crippen LogP contribution in [0.5, 0.6) is 0 Å². The van der Waals surface area contributed by atoms with Crippen molar-refractivity contribution < 1.29 is 5.11 Å². The second kappa shape index (κ2) is 4.43. The third-order valence-corrected chi connectivity index (χ3v) is 4.77. The average Bonchev–Trinajstić information content (AvgIpc) is 2.92. The Morgan fingerprint density at radius 3 is 3.12 bits per heavy atom. The minimum atomic E-state index is 0.338. The van der Waals surface area contributed by atoms with E-state index in [1.165, 1.54) is 34.8 Å². The number of aromatic nitrogens is 1. The lowest BCUT2D eigenvalue weighted by Crippen LogP contribution is -2.20. The van der Waals surface area contributed by atoms with Crippen molar-refractivity contribution in [2.75, 3.05) is 19.7 Å². The van der Waals surface area contributed by atoms with Gasteiger partial charge in [-0.15, -0.1) is 11.3 Å². The summed E-state index contributed by atoms with van der Waals surface area (Å²) in [7, 11) is 0. The molecule has 0 bridgehead atoms. The maximum atomic E-state index is 9.11. The van der Waals surface area contributed by atoms with Gasteiger partial charge in [-0.1, -0.05) is 0 Å². The van der Waals surface area contributed by atoms with Crippen LogP contribution >= 0.6 is 11.3 Å². The second-order valence-electron chi connectivity index (χ2n) is 4.90. The van der Waals surface area contributed by atoms with E-state index in [1.54, 1.807) is 0 Å². The Bertz CT molecular complexity index is 356. The number of aliphatic hydroxyl groups is 1. The molecule has 16 heavy (non-hydrogen) atoms. The van der Waals surface area contributed by atoms with Gasteiger partial charge < -0.3 is 5.11 Å². The van der Waals surface area contributed by atoms with E-state index in [0.29, 0.717) is 12.5 Å². The molecule has 2 aliphatic rings. The number of hydrogen-bond acceptors (Lipinski definition) is 4. The smallest absolute Gasteiger partial charge is 0.107 e. The molecular weight excluding hydrogens is 220 g/mol. The number of likely N-dealkylation sites (tertiary alicyclic amines) is 1. The third-order valence-electron chi connectivity index (χ3n) is 3.63. The minimum Gasteiger partial charge on any atom is -0.396 e. The van der Waals surface area contributed by atoms with E-state index in [2.05, 4.69) is 4.90 Å². The molecule has 0 amide bonds. The van der Waals surface area contributed by atoms with E-state index >= 15 is 0 Å². The molecule has 1 unspecified atom stereocenters. The first kappa shape index (κ1) is 10.7. The van der Waals surface area contributed by atoms with Crippen LogP contribution in [0, 0.1) is 5.92 Å². The van der Waals surface area contributed by atoms with Gasteiger partial charge in [-0.05, 0) is 38.1 Å². The highest BCUT2D eigenvalue weighted by atomic mass is 32.1. The Balaban J connectivity index is 1.62. The predicted molar refractivity (Wildman–Crippen MR) is 64.6 cm³/mol. The van der Waals surface area contributed by atoms with E-state index < -0.39 is 0 Å². The largest absolute Gasteiger partial charge is 0.396 e. The van der Waals surface area contributed by atoms with Gasteiger partial charge >= 0.3 is 0 Å². The molecular formula is C12H18N2OS.